The van der Waals surface area contributed by atoms with Gasteiger partial charge in [0, 0.05) is 28.7 Å². The summed E-state index contributed by atoms with van der Waals surface area (Å²) in [7, 11) is 0. The molecule has 0 amide bonds. The lowest BCUT2D eigenvalue weighted by Gasteiger charge is -2.13. The highest BCUT2D eigenvalue weighted by Gasteiger charge is 2.06. The molecular formula is C25H29N3. The average molecular weight is 372 g/mol. The van der Waals surface area contributed by atoms with E-state index in [4.69, 9.17) is 5.73 Å². The number of nitrogens with two attached hydrogens (primary N) is 1. The molecule has 2 rings (SSSR count). The summed E-state index contributed by atoms with van der Waals surface area (Å²) in [6.45, 7) is 11.7. The van der Waals surface area contributed by atoms with Crippen LogP contribution in [-0.2, 0) is 0 Å². The SMILES string of the molecule is C=CC(C)(C)/C=C\Nc1ccc(-c2ccc(N/C=C\C=C/C(=C)N)cc2)cc1. The van der Waals surface area contributed by atoms with E-state index in [2.05, 4.69) is 92.2 Å². The Labute approximate surface area is 168 Å². The van der Waals surface area contributed by atoms with E-state index >= 15 is 0 Å². The Morgan fingerprint density at radius 3 is 1.82 bits per heavy atom. The summed E-state index contributed by atoms with van der Waals surface area (Å²) in [4.78, 5) is 0. The highest BCUT2D eigenvalue weighted by molar-refractivity contribution is 5.68. The minimum Gasteiger partial charge on any atom is -0.399 e. The predicted octanol–water partition coefficient (Wildman–Crippen LogP) is 6.45. The van der Waals surface area contributed by atoms with Crippen LogP contribution >= 0.6 is 0 Å². The summed E-state index contributed by atoms with van der Waals surface area (Å²) in [5.41, 5.74) is 10.4. The molecule has 0 saturated carbocycles. The van der Waals surface area contributed by atoms with Crippen LogP contribution in [0.5, 0.6) is 0 Å². The van der Waals surface area contributed by atoms with Gasteiger partial charge in [0.2, 0.25) is 0 Å². The maximum atomic E-state index is 5.47. The maximum Gasteiger partial charge on any atom is 0.0380 e. The van der Waals surface area contributed by atoms with Crippen LogP contribution in [0.3, 0.4) is 0 Å². The summed E-state index contributed by atoms with van der Waals surface area (Å²) in [5.74, 6) is 0. The van der Waals surface area contributed by atoms with Crippen molar-refractivity contribution in [2.75, 3.05) is 10.6 Å². The van der Waals surface area contributed by atoms with Gasteiger partial charge in [-0.3, -0.25) is 0 Å². The predicted molar refractivity (Wildman–Crippen MR) is 124 cm³/mol. The Balaban J connectivity index is 1.95. The Hall–Kier alpha value is -3.46. The van der Waals surface area contributed by atoms with E-state index in [0.29, 0.717) is 5.70 Å². The number of nitrogens with one attached hydrogen (secondary N) is 2. The topological polar surface area (TPSA) is 50.1 Å². The van der Waals surface area contributed by atoms with E-state index in [-0.39, 0.29) is 5.41 Å². The first-order chi connectivity index (χ1) is 13.4. The van der Waals surface area contributed by atoms with Crippen LogP contribution in [0.15, 0.2) is 110 Å². The molecule has 28 heavy (non-hydrogen) atoms. The van der Waals surface area contributed by atoms with E-state index in [0.717, 1.165) is 11.4 Å². The van der Waals surface area contributed by atoms with Gasteiger partial charge in [0.1, 0.15) is 0 Å². The second kappa shape index (κ2) is 10.0. The van der Waals surface area contributed by atoms with Crippen molar-refractivity contribution in [2.24, 2.45) is 11.1 Å². The zero-order valence-electron chi connectivity index (χ0n) is 16.7. The van der Waals surface area contributed by atoms with Gasteiger partial charge in [-0.25, -0.2) is 0 Å². The van der Waals surface area contributed by atoms with Crippen molar-refractivity contribution < 1.29 is 0 Å². The van der Waals surface area contributed by atoms with E-state index in [1.807, 2.05) is 30.6 Å². The summed E-state index contributed by atoms with van der Waals surface area (Å²) < 4.78 is 0. The quantitative estimate of drug-likeness (QED) is 0.351. The van der Waals surface area contributed by atoms with E-state index in [9.17, 15) is 0 Å². The second-order valence-corrected chi connectivity index (χ2v) is 7.10. The summed E-state index contributed by atoms with van der Waals surface area (Å²) >= 11 is 0. The lowest BCUT2D eigenvalue weighted by molar-refractivity contribution is 0.627. The molecule has 0 unspecified atom stereocenters. The van der Waals surface area contributed by atoms with Crippen LogP contribution < -0.4 is 16.4 Å². The lowest BCUT2D eigenvalue weighted by Crippen LogP contribution is -2.02. The zero-order valence-corrected chi connectivity index (χ0v) is 16.7. The van der Waals surface area contributed by atoms with Crippen molar-refractivity contribution in [2.45, 2.75) is 13.8 Å². The fourth-order valence-electron chi connectivity index (χ4n) is 2.32. The molecule has 0 aliphatic rings. The first-order valence-corrected chi connectivity index (χ1v) is 9.22. The fourth-order valence-corrected chi connectivity index (χ4v) is 2.32. The third-order valence-electron chi connectivity index (χ3n) is 4.16. The molecule has 0 atom stereocenters. The van der Waals surface area contributed by atoms with Crippen LogP contribution in [0.25, 0.3) is 11.1 Å². The van der Waals surface area contributed by atoms with E-state index < -0.39 is 0 Å². The molecule has 3 nitrogen and oxygen atoms in total. The molecule has 3 heteroatoms. The average Bonchev–Trinajstić information content (AvgIpc) is 2.68. The fraction of sp³-hybridized carbons (Fsp3) is 0.120. The number of allylic oxidation sites excluding steroid dienone is 5. The van der Waals surface area contributed by atoms with Crippen molar-refractivity contribution in [1.29, 1.82) is 0 Å². The Morgan fingerprint density at radius 2 is 1.36 bits per heavy atom. The maximum absolute atomic E-state index is 5.47. The van der Waals surface area contributed by atoms with Crippen molar-refractivity contribution in [3.63, 3.8) is 0 Å². The molecule has 0 fully saturated rings. The van der Waals surface area contributed by atoms with Gasteiger partial charge in [-0.2, -0.15) is 0 Å². The van der Waals surface area contributed by atoms with Crippen molar-refractivity contribution in [1.82, 2.24) is 0 Å². The molecule has 0 bridgehead atoms. The third-order valence-corrected chi connectivity index (χ3v) is 4.16. The van der Waals surface area contributed by atoms with Crippen LogP contribution in [0.1, 0.15) is 13.8 Å². The Kier molecular flexibility index (Phi) is 7.46. The number of anilines is 2. The molecule has 0 saturated heterocycles. The highest BCUT2D eigenvalue weighted by atomic mass is 14.8. The molecule has 0 heterocycles. The molecule has 0 aromatic heterocycles. The first kappa shape index (κ1) is 20.8. The van der Waals surface area contributed by atoms with Crippen molar-refractivity contribution in [3.8, 4) is 11.1 Å². The monoisotopic (exact) mass is 371 g/mol. The van der Waals surface area contributed by atoms with Crippen LogP contribution in [-0.4, -0.2) is 0 Å². The minimum absolute atomic E-state index is 0.0206. The molecule has 2 aromatic rings. The van der Waals surface area contributed by atoms with Crippen LogP contribution in [0, 0.1) is 5.41 Å². The van der Waals surface area contributed by atoms with Crippen molar-refractivity contribution >= 4 is 11.4 Å². The molecule has 2 aromatic carbocycles. The number of benzene rings is 2. The van der Waals surface area contributed by atoms with Gasteiger partial charge in [0.25, 0.3) is 0 Å². The highest BCUT2D eigenvalue weighted by Crippen LogP contribution is 2.24. The number of hydrogen-bond donors (Lipinski definition) is 3. The standard InChI is InChI=1S/C25H29N3/c1-5-25(3,4)17-19-28-24-15-11-22(12-16-24)21-9-13-23(14-10-21)27-18-7-6-8-20(2)26/h5-19,27-28H,1-2,26H2,3-4H3/b8-6-,18-7-,19-17-. The van der Waals surface area contributed by atoms with Gasteiger partial charge in [-0.1, -0.05) is 62.9 Å². The summed E-state index contributed by atoms with van der Waals surface area (Å²) in [5, 5.41) is 6.52. The molecular weight excluding hydrogens is 342 g/mol. The van der Waals surface area contributed by atoms with Gasteiger partial charge in [0.05, 0.1) is 0 Å². The van der Waals surface area contributed by atoms with Gasteiger partial charge < -0.3 is 16.4 Å². The smallest absolute Gasteiger partial charge is 0.0380 e. The third kappa shape index (κ3) is 7.04. The minimum atomic E-state index is -0.0206. The number of hydrogen-bond acceptors (Lipinski definition) is 3. The van der Waals surface area contributed by atoms with Gasteiger partial charge in [-0.15, -0.1) is 6.58 Å². The Bertz CT molecular complexity index is 867. The summed E-state index contributed by atoms with van der Waals surface area (Å²) in [6, 6.07) is 16.7. The van der Waals surface area contributed by atoms with Gasteiger partial charge >= 0.3 is 0 Å². The first-order valence-electron chi connectivity index (χ1n) is 9.22. The lowest BCUT2D eigenvalue weighted by atomic mass is 9.94. The number of rotatable bonds is 9. The van der Waals surface area contributed by atoms with Crippen molar-refractivity contribution in [3.05, 3.63) is 110 Å². The molecule has 0 aliphatic carbocycles. The van der Waals surface area contributed by atoms with Crippen LogP contribution in [0.2, 0.25) is 0 Å². The Morgan fingerprint density at radius 1 is 0.857 bits per heavy atom. The summed E-state index contributed by atoms with van der Waals surface area (Å²) in [6.07, 6.45) is 13.3. The molecule has 4 N–H and O–H groups in total. The van der Waals surface area contributed by atoms with Gasteiger partial charge in [0.15, 0.2) is 0 Å². The molecule has 0 aliphatic heterocycles. The van der Waals surface area contributed by atoms with Crippen LogP contribution in [0.4, 0.5) is 11.4 Å². The molecule has 0 spiro atoms. The normalized spacial score (nSPS) is 11.9. The largest absolute Gasteiger partial charge is 0.399 e. The van der Waals surface area contributed by atoms with Gasteiger partial charge in [-0.05, 0) is 53.7 Å². The van der Waals surface area contributed by atoms with E-state index in [1.165, 1.54) is 11.1 Å². The second-order valence-electron chi connectivity index (χ2n) is 7.10. The molecule has 0 radical (unpaired) electrons. The molecule has 144 valence electrons. The zero-order chi connectivity index (χ0) is 20.4. The van der Waals surface area contributed by atoms with E-state index in [1.54, 1.807) is 6.08 Å².